The van der Waals surface area contributed by atoms with Gasteiger partial charge in [-0.3, -0.25) is 19.7 Å². The number of aromatic amines is 1. The van der Waals surface area contributed by atoms with Crippen molar-refractivity contribution in [1.29, 1.82) is 0 Å². The lowest BCUT2D eigenvalue weighted by atomic mass is 10.2. The average molecular weight is 496 g/mol. The molecule has 0 saturated carbocycles. The van der Waals surface area contributed by atoms with E-state index in [1.165, 1.54) is 25.6 Å². The summed E-state index contributed by atoms with van der Waals surface area (Å²) in [6.07, 6.45) is 1.63. The number of rotatable bonds is 13. The molecule has 0 saturated heterocycles. The molecule has 12 nitrogen and oxygen atoms in total. The number of nitrogens with zero attached hydrogens (tertiary/aromatic N) is 3. The standard InChI is InChI=1S/C20H26FN6O6P/c1-3-32-16(28)9-24-34(33-10-13-4-5-15(30-2)14(21)8-13)12-31-7-6-27-11-23-17-18(27)25-20(22)26-19(17)29/h4-5,8,11,24H,3,6-7,9-10,12H2,1-2H3,(H3,22,25,26,29). The quantitative estimate of drug-likeness (QED) is 0.180. The van der Waals surface area contributed by atoms with E-state index >= 15 is 0 Å². The zero-order chi connectivity index (χ0) is 24.5. The van der Waals surface area contributed by atoms with Crippen LogP contribution in [0.1, 0.15) is 12.5 Å². The molecule has 1 unspecified atom stereocenters. The second-order valence-electron chi connectivity index (χ2n) is 6.86. The first-order valence-corrected chi connectivity index (χ1v) is 11.8. The highest BCUT2D eigenvalue weighted by Gasteiger charge is 2.14. The van der Waals surface area contributed by atoms with E-state index in [2.05, 4.69) is 20.0 Å². The van der Waals surface area contributed by atoms with E-state index in [0.717, 1.165) is 0 Å². The van der Waals surface area contributed by atoms with Gasteiger partial charge >= 0.3 is 5.97 Å². The number of nitrogen functional groups attached to an aromatic ring is 1. The molecule has 4 N–H and O–H groups in total. The van der Waals surface area contributed by atoms with E-state index < -0.39 is 25.6 Å². The number of carbonyl (C=O) groups is 1. The molecule has 0 aliphatic heterocycles. The van der Waals surface area contributed by atoms with Crippen LogP contribution in [0.5, 0.6) is 5.75 Å². The molecule has 3 rings (SSSR count). The maximum absolute atomic E-state index is 13.9. The van der Waals surface area contributed by atoms with Crippen LogP contribution in [0.2, 0.25) is 0 Å². The largest absolute Gasteiger partial charge is 0.494 e. The van der Waals surface area contributed by atoms with Crippen molar-refractivity contribution in [3.63, 3.8) is 0 Å². The summed E-state index contributed by atoms with van der Waals surface area (Å²) >= 11 is 0. The molecule has 0 amide bonds. The Bertz CT molecular complexity index is 1170. The van der Waals surface area contributed by atoms with Crippen molar-refractivity contribution in [2.45, 2.75) is 20.1 Å². The van der Waals surface area contributed by atoms with Crippen LogP contribution in [0.4, 0.5) is 10.3 Å². The maximum atomic E-state index is 13.9. The molecule has 0 aliphatic carbocycles. The average Bonchev–Trinajstić information content (AvgIpc) is 3.21. The van der Waals surface area contributed by atoms with Crippen LogP contribution in [0.15, 0.2) is 29.3 Å². The number of nitrogens with two attached hydrogens (primary N) is 1. The van der Waals surface area contributed by atoms with Gasteiger partial charge in [-0.2, -0.15) is 4.98 Å². The Hall–Kier alpha value is -3.12. The second kappa shape index (κ2) is 12.4. The Morgan fingerprint density at radius 2 is 2.21 bits per heavy atom. The van der Waals surface area contributed by atoms with Crippen LogP contribution in [0.25, 0.3) is 11.2 Å². The number of hydrogen-bond acceptors (Lipinski definition) is 10. The van der Waals surface area contributed by atoms with Crippen LogP contribution in [0, 0.1) is 5.82 Å². The number of nitrogens with one attached hydrogen (secondary N) is 2. The number of halogens is 1. The van der Waals surface area contributed by atoms with Gasteiger partial charge in [-0.1, -0.05) is 6.07 Å². The van der Waals surface area contributed by atoms with E-state index in [9.17, 15) is 14.0 Å². The molecule has 1 aromatic carbocycles. The molecule has 0 fully saturated rings. The first kappa shape index (κ1) is 25.5. The molecule has 2 heterocycles. The Balaban J connectivity index is 1.56. The fraction of sp³-hybridized carbons (Fsp3) is 0.400. The van der Waals surface area contributed by atoms with E-state index in [0.29, 0.717) is 17.8 Å². The number of methoxy groups -OCH3 is 1. The fourth-order valence-electron chi connectivity index (χ4n) is 2.89. The Morgan fingerprint density at radius 1 is 1.38 bits per heavy atom. The molecular formula is C20H26FN6O6P. The third-order valence-corrected chi connectivity index (χ3v) is 5.86. The summed E-state index contributed by atoms with van der Waals surface area (Å²) in [4.78, 5) is 34.1. The third kappa shape index (κ3) is 6.94. The summed E-state index contributed by atoms with van der Waals surface area (Å²) in [5.74, 6) is -0.785. The molecule has 0 bridgehead atoms. The molecule has 1 atom stereocenters. The molecule has 0 spiro atoms. The van der Waals surface area contributed by atoms with Gasteiger partial charge in [-0.25, -0.2) is 9.37 Å². The lowest BCUT2D eigenvalue weighted by Gasteiger charge is -2.19. The second-order valence-corrected chi connectivity index (χ2v) is 8.45. The number of carbonyl (C=O) groups excluding carboxylic acids is 1. The van der Waals surface area contributed by atoms with Crippen LogP contribution < -0.4 is 21.1 Å². The number of benzene rings is 1. The van der Waals surface area contributed by atoms with Crippen LogP contribution in [-0.2, 0) is 31.9 Å². The highest BCUT2D eigenvalue weighted by atomic mass is 31.2. The molecule has 184 valence electrons. The van der Waals surface area contributed by atoms with E-state index in [4.69, 9.17) is 24.5 Å². The lowest BCUT2D eigenvalue weighted by molar-refractivity contribution is -0.141. The lowest BCUT2D eigenvalue weighted by Crippen LogP contribution is -2.23. The zero-order valence-corrected chi connectivity index (χ0v) is 19.6. The minimum atomic E-state index is -1.40. The van der Waals surface area contributed by atoms with Crippen molar-refractivity contribution in [2.75, 3.05) is 38.9 Å². The van der Waals surface area contributed by atoms with Crippen molar-refractivity contribution in [3.05, 3.63) is 46.3 Å². The Labute approximate surface area is 195 Å². The third-order valence-electron chi connectivity index (χ3n) is 4.49. The van der Waals surface area contributed by atoms with Crippen molar-refractivity contribution in [2.24, 2.45) is 0 Å². The van der Waals surface area contributed by atoms with Gasteiger partial charge in [0, 0.05) is 6.54 Å². The van der Waals surface area contributed by atoms with Gasteiger partial charge in [0.05, 0.1) is 39.8 Å². The summed E-state index contributed by atoms with van der Waals surface area (Å²) in [5, 5.41) is 2.98. The van der Waals surface area contributed by atoms with E-state index in [1.54, 1.807) is 17.6 Å². The van der Waals surface area contributed by atoms with Gasteiger partial charge in [-0.15, -0.1) is 0 Å². The van der Waals surface area contributed by atoms with Crippen molar-refractivity contribution >= 4 is 31.4 Å². The summed E-state index contributed by atoms with van der Waals surface area (Å²) in [5.41, 5.74) is 6.32. The van der Waals surface area contributed by atoms with Gasteiger partial charge in [-0.05, 0) is 24.6 Å². The monoisotopic (exact) mass is 496 g/mol. The molecule has 3 aromatic rings. The van der Waals surface area contributed by atoms with E-state index in [-0.39, 0.29) is 49.9 Å². The predicted octanol–water partition coefficient (Wildman–Crippen LogP) is 1.51. The topological polar surface area (TPSA) is 156 Å². The van der Waals surface area contributed by atoms with Crippen LogP contribution in [-0.4, -0.2) is 58.7 Å². The first-order valence-electron chi connectivity index (χ1n) is 10.3. The summed E-state index contributed by atoms with van der Waals surface area (Å²) in [7, 11) is -0.0157. The smallest absolute Gasteiger partial charge is 0.320 e. The molecule has 14 heteroatoms. The minimum absolute atomic E-state index is 0.00442. The van der Waals surface area contributed by atoms with Gasteiger partial charge < -0.3 is 29.0 Å². The number of hydrogen-bond donors (Lipinski definition) is 3. The number of imidazole rings is 1. The van der Waals surface area contributed by atoms with Gasteiger partial charge in [0.25, 0.3) is 5.56 Å². The number of fused-ring (bicyclic) bond motifs is 1. The number of ether oxygens (including phenoxy) is 3. The number of anilines is 1. The summed E-state index contributed by atoms with van der Waals surface area (Å²) < 4.78 is 37.0. The number of aromatic nitrogens is 4. The zero-order valence-electron chi connectivity index (χ0n) is 18.7. The molecule has 0 radical (unpaired) electrons. The molecule has 34 heavy (non-hydrogen) atoms. The SMILES string of the molecule is CCOC(=O)CNP(COCCn1cnc2c(=O)[nH]c(N)nc21)OCc1ccc(OC)c(F)c1. The van der Waals surface area contributed by atoms with Crippen molar-refractivity contribution in [3.8, 4) is 5.75 Å². The molecule has 2 aromatic heterocycles. The summed E-state index contributed by atoms with van der Waals surface area (Å²) in [6, 6.07) is 4.52. The summed E-state index contributed by atoms with van der Waals surface area (Å²) in [6.45, 7) is 2.63. The van der Waals surface area contributed by atoms with Gasteiger partial charge in [0.15, 0.2) is 22.7 Å². The van der Waals surface area contributed by atoms with Crippen LogP contribution >= 0.6 is 8.30 Å². The van der Waals surface area contributed by atoms with Gasteiger partial charge in [0.1, 0.15) is 14.6 Å². The van der Waals surface area contributed by atoms with Gasteiger partial charge in [0.2, 0.25) is 5.95 Å². The fourth-order valence-corrected chi connectivity index (χ4v) is 4.05. The first-order chi connectivity index (χ1) is 16.4. The highest BCUT2D eigenvalue weighted by Crippen LogP contribution is 2.33. The van der Waals surface area contributed by atoms with Crippen molar-refractivity contribution in [1.82, 2.24) is 24.6 Å². The van der Waals surface area contributed by atoms with E-state index in [1.807, 2.05) is 0 Å². The van der Waals surface area contributed by atoms with Crippen molar-refractivity contribution < 1.29 is 27.9 Å². The predicted molar refractivity (Wildman–Crippen MR) is 123 cm³/mol. The molecule has 0 aliphatic rings. The minimum Gasteiger partial charge on any atom is -0.494 e. The normalized spacial score (nSPS) is 12.1. The number of esters is 1. The maximum Gasteiger partial charge on any atom is 0.320 e. The Morgan fingerprint density at radius 3 is 2.94 bits per heavy atom. The Kier molecular flexibility index (Phi) is 9.28. The van der Waals surface area contributed by atoms with Crippen LogP contribution in [0.3, 0.4) is 0 Å². The highest BCUT2D eigenvalue weighted by molar-refractivity contribution is 7.50. The number of H-pyrrole nitrogens is 1. The molecular weight excluding hydrogens is 470 g/mol.